The molecule has 0 aliphatic heterocycles. The van der Waals surface area contributed by atoms with Gasteiger partial charge in [-0.05, 0) is 6.42 Å². The Morgan fingerprint density at radius 3 is 2.45 bits per heavy atom. The number of ether oxygens (including phenoxy) is 1. The van der Waals surface area contributed by atoms with Crippen LogP contribution in [-0.2, 0) is 17.9 Å². The minimum atomic E-state index is -1.05. The van der Waals surface area contributed by atoms with Crippen molar-refractivity contribution in [1.82, 2.24) is 15.0 Å². The summed E-state index contributed by atoms with van der Waals surface area (Å²) < 4.78 is 6.68. The smallest absolute Gasteiger partial charge is 0.358 e. The molecule has 0 spiro atoms. The zero-order chi connectivity index (χ0) is 14.8. The van der Waals surface area contributed by atoms with Crippen LogP contribution in [0, 0.1) is 0 Å². The molecule has 0 unspecified atom stereocenters. The molecule has 0 atom stereocenters. The summed E-state index contributed by atoms with van der Waals surface area (Å²) in [7, 11) is 1.54. The Bertz CT molecular complexity index is 404. The van der Waals surface area contributed by atoms with Crippen LogP contribution in [0.1, 0.15) is 68.1 Å². The number of aromatic nitrogens is 3. The predicted octanol–water partition coefficient (Wildman–Crippen LogP) is 2.87. The lowest BCUT2D eigenvalue weighted by Gasteiger charge is -2.06. The van der Waals surface area contributed by atoms with Gasteiger partial charge in [-0.1, -0.05) is 50.7 Å². The summed E-state index contributed by atoms with van der Waals surface area (Å²) in [6, 6.07) is 0. The number of methoxy groups -OCH3 is 1. The summed E-state index contributed by atoms with van der Waals surface area (Å²) in [5.74, 6) is -1.05. The van der Waals surface area contributed by atoms with Crippen molar-refractivity contribution in [3.05, 3.63) is 11.4 Å². The number of carboxylic acids is 1. The van der Waals surface area contributed by atoms with E-state index in [1.807, 2.05) is 0 Å². The van der Waals surface area contributed by atoms with Crippen LogP contribution in [0.25, 0.3) is 0 Å². The van der Waals surface area contributed by atoms with Crippen LogP contribution in [0.4, 0.5) is 0 Å². The molecule has 6 heteroatoms. The maximum absolute atomic E-state index is 11.0. The fourth-order valence-electron chi connectivity index (χ4n) is 2.18. The molecule has 1 aromatic rings. The van der Waals surface area contributed by atoms with Gasteiger partial charge in [-0.3, -0.25) is 0 Å². The van der Waals surface area contributed by atoms with Crippen LogP contribution in [0.2, 0.25) is 0 Å². The van der Waals surface area contributed by atoms with Gasteiger partial charge in [0.05, 0.1) is 12.3 Å². The number of nitrogens with zero attached hydrogens (tertiary/aromatic N) is 3. The summed E-state index contributed by atoms with van der Waals surface area (Å²) in [4.78, 5) is 11.0. The molecule has 0 bridgehead atoms. The molecule has 0 amide bonds. The van der Waals surface area contributed by atoms with Gasteiger partial charge >= 0.3 is 5.97 Å². The number of hydrogen-bond acceptors (Lipinski definition) is 4. The predicted molar refractivity (Wildman–Crippen MR) is 75.7 cm³/mol. The van der Waals surface area contributed by atoms with E-state index in [9.17, 15) is 4.79 Å². The lowest BCUT2D eigenvalue weighted by atomic mass is 10.1. The van der Waals surface area contributed by atoms with Gasteiger partial charge in [-0.25, -0.2) is 9.48 Å². The molecule has 1 rings (SSSR count). The highest BCUT2D eigenvalue weighted by Gasteiger charge is 2.18. The minimum absolute atomic E-state index is 0.00482. The van der Waals surface area contributed by atoms with Crippen LogP contribution in [0.3, 0.4) is 0 Å². The zero-order valence-corrected chi connectivity index (χ0v) is 12.5. The maximum Gasteiger partial charge on any atom is 0.358 e. The van der Waals surface area contributed by atoms with Gasteiger partial charge in [0, 0.05) is 13.7 Å². The second-order valence-electron chi connectivity index (χ2n) is 4.97. The number of unbranched alkanes of at least 4 members (excludes halogenated alkanes) is 6. The van der Waals surface area contributed by atoms with Gasteiger partial charge in [0.1, 0.15) is 0 Å². The topological polar surface area (TPSA) is 77.2 Å². The molecule has 1 N–H and O–H groups in total. The van der Waals surface area contributed by atoms with Crippen LogP contribution in [-0.4, -0.2) is 33.2 Å². The first kappa shape index (κ1) is 16.6. The van der Waals surface area contributed by atoms with Gasteiger partial charge in [-0.15, -0.1) is 5.10 Å². The number of carbonyl (C=O) groups is 1. The molecular formula is C14H25N3O3. The summed E-state index contributed by atoms with van der Waals surface area (Å²) in [5.41, 5.74) is 0.542. The summed E-state index contributed by atoms with van der Waals surface area (Å²) >= 11 is 0. The fraction of sp³-hybridized carbons (Fsp3) is 0.786. The maximum atomic E-state index is 11.0. The Morgan fingerprint density at radius 2 is 1.85 bits per heavy atom. The van der Waals surface area contributed by atoms with Crippen LogP contribution >= 0.6 is 0 Å². The SMILES string of the molecule is CCCCCCCCCn1nnc(C(=O)O)c1COC. The van der Waals surface area contributed by atoms with Gasteiger partial charge < -0.3 is 9.84 Å². The van der Waals surface area contributed by atoms with Crippen molar-refractivity contribution in [3.8, 4) is 0 Å². The molecule has 20 heavy (non-hydrogen) atoms. The second-order valence-corrected chi connectivity index (χ2v) is 4.97. The molecule has 6 nitrogen and oxygen atoms in total. The van der Waals surface area contributed by atoms with Crippen molar-refractivity contribution in [2.75, 3.05) is 7.11 Å². The zero-order valence-electron chi connectivity index (χ0n) is 12.5. The van der Waals surface area contributed by atoms with E-state index in [1.54, 1.807) is 4.68 Å². The fourth-order valence-corrected chi connectivity index (χ4v) is 2.18. The molecule has 0 saturated carbocycles. The lowest BCUT2D eigenvalue weighted by Crippen LogP contribution is -2.09. The van der Waals surface area contributed by atoms with Gasteiger partial charge in [0.25, 0.3) is 0 Å². The van der Waals surface area contributed by atoms with E-state index in [4.69, 9.17) is 9.84 Å². The Morgan fingerprint density at radius 1 is 1.20 bits per heavy atom. The van der Waals surface area contributed by atoms with Gasteiger partial charge in [0.15, 0.2) is 5.69 Å². The molecular weight excluding hydrogens is 258 g/mol. The average Bonchev–Trinajstić information content (AvgIpc) is 2.81. The average molecular weight is 283 g/mol. The van der Waals surface area contributed by atoms with Crippen molar-refractivity contribution in [1.29, 1.82) is 0 Å². The number of hydrogen-bond donors (Lipinski definition) is 1. The molecule has 0 aliphatic carbocycles. The third-order valence-electron chi connectivity index (χ3n) is 3.29. The lowest BCUT2D eigenvalue weighted by molar-refractivity contribution is 0.0684. The summed E-state index contributed by atoms with van der Waals surface area (Å²) in [6.07, 6.45) is 8.50. The first-order chi connectivity index (χ1) is 9.70. The number of aromatic carboxylic acids is 1. The van der Waals surface area contributed by atoms with E-state index < -0.39 is 5.97 Å². The van der Waals surface area contributed by atoms with Crippen LogP contribution < -0.4 is 0 Å². The highest BCUT2D eigenvalue weighted by Crippen LogP contribution is 2.11. The van der Waals surface area contributed by atoms with E-state index in [-0.39, 0.29) is 12.3 Å². The van der Waals surface area contributed by atoms with Crippen molar-refractivity contribution < 1.29 is 14.6 Å². The molecule has 0 saturated heterocycles. The Kier molecular flexibility index (Phi) is 7.87. The van der Waals surface area contributed by atoms with Crippen molar-refractivity contribution >= 4 is 5.97 Å². The summed E-state index contributed by atoms with van der Waals surface area (Å²) in [6.45, 7) is 3.14. The summed E-state index contributed by atoms with van der Waals surface area (Å²) in [5, 5.41) is 16.6. The van der Waals surface area contributed by atoms with Crippen LogP contribution in [0.15, 0.2) is 0 Å². The first-order valence-corrected chi connectivity index (χ1v) is 7.35. The quantitative estimate of drug-likeness (QED) is 0.632. The van der Waals surface area contributed by atoms with E-state index in [0.717, 1.165) is 12.8 Å². The van der Waals surface area contributed by atoms with E-state index in [1.165, 1.54) is 39.2 Å². The van der Waals surface area contributed by atoms with Gasteiger partial charge in [0.2, 0.25) is 0 Å². The Balaban J connectivity index is 2.37. The number of carboxylic acid groups (broad SMARTS) is 1. The van der Waals surface area contributed by atoms with Crippen LogP contribution in [0.5, 0.6) is 0 Å². The molecule has 1 aromatic heterocycles. The number of aryl methyl sites for hydroxylation is 1. The highest BCUT2D eigenvalue weighted by atomic mass is 16.5. The normalized spacial score (nSPS) is 10.9. The first-order valence-electron chi connectivity index (χ1n) is 7.35. The molecule has 1 heterocycles. The number of rotatable bonds is 11. The van der Waals surface area contributed by atoms with E-state index in [0.29, 0.717) is 12.2 Å². The van der Waals surface area contributed by atoms with Crippen molar-refractivity contribution in [3.63, 3.8) is 0 Å². The second kappa shape index (κ2) is 9.47. The van der Waals surface area contributed by atoms with E-state index in [2.05, 4.69) is 17.2 Å². The molecule has 114 valence electrons. The van der Waals surface area contributed by atoms with E-state index >= 15 is 0 Å². The van der Waals surface area contributed by atoms with Gasteiger partial charge in [-0.2, -0.15) is 0 Å². The Labute approximate surface area is 120 Å². The standard InChI is InChI=1S/C14H25N3O3/c1-3-4-5-6-7-8-9-10-17-12(11-20-2)13(14(18)19)15-16-17/h3-11H2,1-2H3,(H,18,19). The molecule has 0 aliphatic rings. The van der Waals surface area contributed by atoms with Crippen molar-refractivity contribution in [2.45, 2.75) is 65.0 Å². The van der Waals surface area contributed by atoms with Crippen molar-refractivity contribution in [2.24, 2.45) is 0 Å². The minimum Gasteiger partial charge on any atom is -0.476 e. The molecule has 0 aromatic carbocycles. The molecule has 0 radical (unpaired) electrons. The highest BCUT2D eigenvalue weighted by molar-refractivity contribution is 5.86. The third kappa shape index (κ3) is 5.28. The largest absolute Gasteiger partial charge is 0.476 e. The third-order valence-corrected chi connectivity index (χ3v) is 3.29. The monoisotopic (exact) mass is 283 g/mol. The Hall–Kier alpha value is -1.43. The molecule has 0 fully saturated rings.